The van der Waals surface area contributed by atoms with Crippen LogP contribution in [-0.2, 0) is 80.0 Å². The van der Waals surface area contributed by atoms with Gasteiger partial charge in [0.25, 0.3) is 0 Å². The average Bonchev–Trinajstić information content (AvgIpc) is 1.32. The van der Waals surface area contributed by atoms with Gasteiger partial charge < -0.3 is 0 Å². The van der Waals surface area contributed by atoms with Gasteiger partial charge in [0.15, 0.2) is 31.0 Å². The minimum absolute atomic E-state index is 0.127. The van der Waals surface area contributed by atoms with E-state index in [1.807, 2.05) is 74.2 Å². The van der Waals surface area contributed by atoms with E-state index in [0.29, 0.717) is 17.5 Å². The van der Waals surface area contributed by atoms with Gasteiger partial charge in [0.1, 0.15) is 35.2 Å². The van der Waals surface area contributed by atoms with Crippen molar-refractivity contribution < 1.29 is 32.4 Å². The Morgan fingerprint density at radius 3 is 1.15 bits per heavy atom. The summed E-state index contributed by atoms with van der Waals surface area (Å²) in [5.41, 5.74) is 30.3. The van der Waals surface area contributed by atoms with Crippen molar-refractivity contribution >= 4 is 0 Å². The summed E-state index contributed by atoms with van der Waals surface area (Å²) in [6, 6.07) is 53.0. The highest BCUT2D eigenvalue weighted by Crippen LogP contribution is 2.52. The van der Waals surface area contributed by atoms with Gasteiger partial charge in [-0.2, -0.15) is 0 Å². The molecule has 5 heteroatoms. The SMILES string of the molecule is Cc1ccccc1-c1cc2c(c[n+]1C)CC1CC2C1.Cc1ccccc1-c1cc2c(c[n+]1C)CC1CC2C1.[2H]C1([2H])CC([2H])([2H])c2c1cc[n+](C)c2-c1ccccc1C.[2H]C1([2H])CCc2c[n+](C)c(-c3ccccc3C)cc21.[2H]C12CC(Cc3c[n+](C)c(-c4ccccc4C)cc31)C2. The molecule has 21 rings (SSSR count). The van der Waals surface area contributed by atoms with Crippen molar-refractivity contribution in [2.45, 2.75) is 149 Å². The molecule has 0 atom stereocenters. The summed E-state index contributed by atoms with van der Waals surface area (Å²) in [7, 11) is 10.4. The Balaban J connectivity index is 0.000000105. The van der Waals surface area contributed by atoms with Crippen molar-refractivity contribution in [1.82, 2.24) is 0 Å². The van der Waals surface area contributed by atoms with Crippen molar-refractivity contribution in [2.75, 3.05) is 0 Å². The lowest BCUT2D eigenvalue weighted by atomic mass is 9.63. The molecular formula is C86H96N5+5. The molecule has 3 fully saturated rings. The molecule has 5 heterocycles. The quantitative estimate of drug-likeness (QED) is 0.153. The topological polar surface area (TPSA) is 19.4 Å². The number of aromatic nitrogens is 5. The molecule has 5 aromatic heterocycles. The van der Waals surface area contributed by atoms with Crippen LogP contribution in [0.5, 0.6) is 0 Å². The monoisotopic (exact) mass is 1210 g/mol. The van der Waals surface area contributed by atoms with Gasteiger partial charge in [-0.05, 0) is 252 Å². The molecule has 10 aromatic rings. The van der Waals surface area contributed by atoms with Crippen molar-refractivity contribution in [3.63, 3.8) is 0 Å². The van der Waals surface area contributed by atoms with E-state index in [1.165, 1.54) is 111 Å². The molecule has 0 spiro atoms. The van der Waals surface area contributed by atoms with E-state index in [-0.39, 0.29) is 12.3 Å². The predicted octanol–water partition coefficient (Wildman–Crippen LogP) is 16.6. The first-order valence-electron chi connectivity index (χ1n) is 37.2. The van der Waals surface area contributed by atoms with Gasteiger partial charge in [-0.1, -0.05) is 91.0 Å². The zero-order chi connectivity index (χ0) is 68.9. The van der Waals surface area contributed by atoms with Gasteiger partial charge in [-0.15, -0.1) is 0 Å². The van der Waals surface area contributed by atoms with Crippen molar-refractivity contribution in [3.05, 3.63) is 266 Å². The van der Waals surface area contributed by atoms with E-state index in [0.717, 1.165) is 88.9 Å². The van der Waals surface area contributed by atoms with Gasteiger partial charge in [-0.25, -0.2) is 22.8 Å². The number of aryl methyl sites for hydroxylation is 13. The number of nitrogens with zero attached hydrogens (tertiary/aromatic N) is 5. The predicted molar refractivity (Wildman–Crippen MR) is 371 cm³/mol. The Hall–Kier alpha value is -8.15. The number of pyridine rings is 5. The first-order chi connectivity index (χ1) is 46.7. The third-order valence-corrected chi connectivity index (χ3v) is 21.5. The summed E-state index contributed by atoms with van der Waals surface area (Å²) < 4.78 is 68.6. The summed E-state index contributed by atoms with van der Waals surface area (Å²) in [6.07, 6.45) is 19.3. The average molecular weight is 1210 g/mol. The maximum absolute atomic E-state index is 8.65. The van der Waals surface area contributed by atoms with E-state index in [2.05, 4.69) is 195 Å². The maximum atomic E-state index is 8.65. The molecule has 11 aliphatic rings. The van der Waals surface area contributed by atoms with Crippen LogP contribution in [0.4, 0.5) is 0 Å². The molecule has 460 valence electrons. The second-order valence-electron chi connectivity index (χ2n) is 27.8. The Labute approximate surface area is 553 Å². The highest BCUT2D eigenvalue weighted by Gasteiger charge is 2.41. The molecule has 6 bridgehead atoms. The summed E-state index contributed by atoms with van der Waals surface area (Å²) in [6.45, 7) is 10.7. The third-order valence-electron chi connectivity index (χ3n) is 21.5. The molecule has 0 aliphatic heterocycles. The zero-order valence-electron chi connectivity index (χ0n) is 62.4. The summed E-state index contributed by atoms with van der Waals surface area (Å²) in [4.78, 5) is 0. The third kappa shape index (κ3) is 12.1. The Morgan fingerprint density at radius 1 is 0.352 bits per heavy atom. The van der Waals surface area contributed by atoms with Crippen molar-refractivity contribution in [2.24, 2.45) is 53.0 Å². The number of rotatable bonds is 5. The summed E-state index contributed by atoms with van der Waals surface area (Å²) in [5, 5.41) is 0. The van der Waals surface area contributed by atoms with Crippen LogP contribution in [0.3, 0.4) is 0 Å². The van der Waals surface area contributed by atoms with Crippen LogP contribution in [0, 0.1) is 52.4 Å². The number of fused-ring (bicyclic) bond motifs is 2. The zero-order valence-corrected chi connectivity index (χ0v) is 55.4. The molecule has 0 amide bonds. The van der Waals surface area contributed by atoms with E-state index >= 15 is 0 Å². The minimum Gasteiger partial charge on any atom is -0.201 e. The molecule has 5 nitrogen and oxygen atoms in total. The van der Waals surface area contributed by atoms with Crippen LogP contribution in [0.15, 0.2) is 183 Å². The molecule has 0 N–H and O–H groups in total. The van der Waals surface area contributed by atoms with Gasteiger partial charge in [0.2, 0.25) is 28.5 Å². The van der Waals surface area contributed by atoms with Crippen molar-refractivity contribution in [1.29, 1.82) is 0 Å². The Bertz CT molecular complexity index is 4630. The number of hydrogen-bond acceptors (Lipinski definition) is 0. The standard InChI is InChI=1S/3C18H20N.2C16H18N/c3*1-12-5-3-4-6-16(12)18-10-17-14-7-13(8-14)9-15(17)11-19(18)2;1-12-6-3-4-9-15(12)16-10-13-7-5-8-14(13)11-17(16)2;1-12-6-3-4-8-14(12)16-15-9-5-7-13(15)10-11-17(16)2/h3*3-6,10-11,13-14H,7-9H2,1-2H3;3-4,6,9-11H,5,7-8H2,1-2H3;3-4,6,8,10-11H,5,7,9H2,1-2H3/q5*+1/i14D;;;7D2;7D2,9D2. The van der Waals surface area contributed by atoms with Gasteiger partial charge in [0, 0.05) is 95.6 Å². The molecule has 91 heavy (non-hydrogen) atoms. The van der Waals surface area contributed by atoms with E-state index in [1.54, 1.807) is 28.3 Å². The van der Waals surface area contributed by atoms with Gasteiger partial charge in [0.05, 0.1) is 0 Å². The largest absolute Gasteiger partial charge is 0.216 e. The Morgan fingerprint density at radius 2 is 0.714 bits per heavy atom. The summed E-state index contributed by atoms with van der Waals surface area (Å²) >= 11 is 0. The molecule has 0 unspecified atom stereocenters. The molecule has 5 aromatic carbocycles. The highest BCUT2D eigenvalue weighted by molar-refractivity contribution is 5.67. The van der Waals surface area contributed by atoms with Crippen LogP contribution in [0.1, 0.15) is 162 Å². The van der Waals surface area contributed by atoms with E-state index in [9.17, 15) is 0 Å². The Kier molecular flexibility index (Phi) is 14.7. The number of hydrogen-bond donors (Lipinski definition) is 0. The second-order valence-corrected chi connectivity index (χ2v) is 27.8. The first-order valence-corrected chi connectivity index (χ1v) is 33.7. The van der Waals surface area contributed by atoms with Gasteiger partial charge in [-0.3, -0.25) is 0 Å². The fourth-order valence-corrected chi connectivity index (χ4v) is 16.3. The second kappa shape index (κ2) is 25.5. The van der Waals surface area contributed by atoms with Crippen LogP contribution in [0.2, 0.25) is 0 Å². The fraction of sp³-hybridized carbons (Fsp3) is 0.360. The van der Waals surface area contributed by atoms with Crippen LogP contribution >= 0.6 is 0 Å². The van der Waals surface area contributed by atoms with Crippen molar-refractivity contribution in [3.8, 4) is 56.3 Å². The van der Waals surface area contributed by atoms with E-state index < -0.39 is 19.1 Å². The molecule has 0 radical (unpaired) electrons. The lowest BCUT2D eigenvalue weighted by molar-refractivity contribution is -0.661. The fourth-order valence-electron chi connectivity index (χ4n) is 16.3. The first kappa shape index (κ1) is 52.5. The highest BCUT2D eigenvalue weighted by atomic mass is 14.9. The lowest BCUT2D eigenvalue weighted by Gasteiger charge is -2.41. The summed E-state index contributed by atoms with van der Waals surface area (Å²) in [5.74, 6) is 4.09. The maximum Gasteiger partial charge on any atom is 0.216 e. The smallest absolute Gasteiger partial charge is 0.201 e. The molecular weight excluding hydrogens is 1100 g/mol. The van der Waals surface area contributed by atoms with E-state index in [4.69, 9.17) is 9.60 Å². The van der Waals surface area contributed by atoms with Crippen LogP contribution < -0.4 is 22.8 Å². The minimum atomic E-state index is -1.66. The van der Waals surface area contributed by atoms with Crippen LogP contribution in [-0.4, -0.2) is 0 Å². The van der Waals surface area contributed by atoms with Gasteiger partial charge >= 0.3 is 0 Å². The molecule has 0 saturated heterocycles. The van der Waals surface area contributed by atoms with Crippen LogP contribution in [0.25, 0.3) is 56.3 Å². The lowest BCUT2D eigenvalue weighted by Crippen LogP contribution is -2.37. The molecule has 3 saturated carbocycles. The normalized spacial score (nSPS) is 23.6. The molecule has 11 aliphatic carbocycles. The number of benzene rings is 5.